The summed E-state index contributed by atoms with van der Waals surface area (Å²) in [5, 5.41) is 0. The van der Waals surface area contributed by atoms with Gasteiger partial charge in [-0.2, -0.15) is 0 Å². The molecule has 0 amide bonds. The molecule has 0 spiro atoms. The number of aryl methyl sites for hydroxylation is 1. The summed E-state index contributed by atoms with van der Waals surface area (Å²) in [6.07, 6.45) is 0.111. The molecule has 2 N–H and O–H groups in total. The van der Waals surface area contributed by atoms with E-state index in [4.69, 9.17) is 5.73 Å². The molecule has 78 valence electrons. The molecule has 1 aromatic rings. The van der Waals surface area contributed by atoms with Crippen LogP contribution in [0.4, 0.5) is 5.69 Å². The Morgan fingerprint density at radius 2 is 2.27 bits per heavy atom. The van der Waals surface area contributed by atoms with Crippen LogP contribution < -0.4 is 5.73 Å². The summed E-state index contributed by atoms with van der Waals surface area (Å²) in [6, 6.07) is 5.52. The number of nitrogen functional groups attached to an aromatic ring is 1. The van der Waals surface area contributed by atoms with Crippen molar-refractivity contribution in [3.8, 4) is 11.8 Å². The van der Waals surface area contributed by atoms with E-state index in [0.717, 1.165) is 16.8 Å². The second-order valence-corrected chi connectivity index (χ2v) is 3.13. The van der Waals surface area contributed by atoms with Gasteiger partial charge in [-0.25, -0.2) is 0 Å². The van der Waals surface area contributed by atoms with Gasteiger partial charge >= 0.3 is 5.97 Å². The lowest BCUT2D eigenvalue weighted by Crippen LogP contribution is -1.97. The van der Waals surface area contributed by atoms with Gasteiger partial charge in [0.1, 0.15) is 6.42 Å². The van der Waals surface area contributed by atoms with Crippen LogP contribution in [-0.4, -0.2) is 13.1 Å². The van der Waals surface area contributed by atoms with Gasteiger partial charge in [0.05, 0.1) is 7.11 Å². The molecule has 0 fully saturated rings. The summed E-state index contributed by atoms with van der Waals surface area (Å²) in [4.78, 5) is 10.8. The van der Waals surface area contributed by atoms with E-state index in [1.807, 2.05) is 19.1 Å². The number of hydrogen-bond donors (Lipinski definition) is 1. The van der Waals surface area contributed by atoms with Crippen molar-refractivity contribution in [3.63, 3.8) is 0 Å². The molecule has 0 heterocycles. The molecule has 0 aliphatic rings. The van der Waals surface area contributed by atoms with Gasteiger partial charge in [0.2, 0.25) is 0 Å². The Hall–Kier alpha value is -1.95. The van der Waals surface area contributed by atoms with Crippen LogP contribution in [0.25, 0.3) is 0 Å². The van der Waals surface area contributed by atoms with Gasteiger partial charge in [0, 0.05) is 11.3 Å². The molecule has 1 aromatic carbocycles. The van der Waals surface area contributed by atoms with Crippen LogP contribution in [0.2, 0.25) is 0 Å². The number of nitrogens with two attached hydrogens (primary N) is 1. The van der Waals surface area contributed by atoms with E-state index in [-0.39, 0.29) is 12.4 Å². The van der Waals surface area contributed by atoms with Crippen molar-refractivity contribution in [3.05, 3.63) is 29.3 Å². The quantitative estimate of drug-likeness (QED) is 0.427. The Bertz CT molecular complexity index is 427. The molecule has 1 rings (SSSR count). The molecule has 0 unspecified atom stereocenters. The Labute approximate surface area is 89.2 Å². The van der Waals surface area contributed by atoms with Crippen molar-refractivity contribution in [2.45, 2.75) is 13.3 Å². The van der Waals surface area contributed by atoms with Crippen molar-refractivity contribution in [2.75, 3.05) is 12.8 Å². The first-order valence-corrected chi connectivity index (χ1v) is 4.55. The maximum absolute atomic E-state index is 10.8. The molecule has 0 atom stereocenters. The number of esters is 1. The first-order valence-electron chi connectivity index (χ1n) is 4.55. The normalized spacial score (nSPS) is 8.93. The molecule has 3 nitrogen and oxygen atoms in total. The van der Waals surface area contributed by atoms with Crippen molar-refractivity contribution in [2.24, 2.45) is 0 Å². The van der Waals surface area contributed by atoms with Crippen LogP contribution in [0.3, 0.4) is 0 Å². The molecule has 0 bridgehead atoms. The average molecular weight is 203 g/mol. The Morgan fingerprint density at radius 3 is 2.87 bits per heavy atom. The maximum atomic E-state index is 10.8. The second-order valence-electron chi connectivity index (χ2n) is 3.13. The highest BCUT2D eigenvalue weighted by Crippen LogP contribution is 2.11. The second kappa shape index (κ2) is 5.06. The molecular weight excluding hydrogens is 190 g/mol. The lowest BCUT2D eigenvalue weighted by molar-refractivity contribution is -0.139. The molecule has 0 radical (unpaired) electrons. The zero-order valence-corrected chi connectivity index (χ0v) is 8.83. The minimum absolute atomic E-state index is 0.111. The first kappa shape index (κ1) is 11.1. The molecule has 0 aliphatic carbocycles. The molecule has 15 heavy (non-hydrogen) atoms. The SMILES string of the molecule is COC(=O)CC#Cc1ccc(N)c(C)c1. The smallest absolute Gasteiger partial charge is 0.317 e. The molecular formula is C12H13NO2. The minimum Gasteiger partial charge on any atom is -0.468 e. The summed E-state index contributed by atoms with van der Waals surface area (Å²) in [5.41, 5.74) is 8.25. The van der Waals surface area contributed by atoms with E-state index in [1.165, 1.54) is 7.11 Å². The lowest BCUT2D eigenvalue weighted by atomic mass is 10.1. The van der Waals surface area contributed by atoms with Gasteiger partial charge in [0.15, 0.2) is 0 Å². The van der Waals surface area contributed by atoms with Gasteiger partial charge in [-0.15, -0.1) is 0 Å². The Balaban J connectivity index is 2.72. The number of carbonyl (C=O) groups is 1. The van der Waals surface area contributed by atoms with E-state index in [9.17, 15) is 4.79 Å². The summed E-state index contributed by atoms with van der Waals surface area (Å²) < 4.78 is 4.47. The van der Waals surface area contributed by atoms with Crippen LogP contribution in [0.15, 0.2) is 18.2 Å². The topological polar surface area (TPSA) is 52.3 Å². The third-order valence-electron chi connectivity index (χ3n) is 1.96. The summed E-state index contributed by atoms with van der Waals surface area (Å²) >= 11 is 0. The summed E-state index contributed by atoms with van der Waals surface area (Å²) in [7, 11) is 1.34. The molecule has 3 heteroatoms. The fraction of sp³-hybridized carbons (Fsp3) is 0.250. The van der Waals surface area contributed by atoms with Crippen molar-refractivity contribution < 1.29 is 9.53 Å². The van der Waals surface area contributed by atoms with Crippen molar-refractivity contribution >= 4 is 11.7 Å². The minimum atomic E-state index is -0.324. The number of methoxy groups -OCH3 is 1. The first-order chi connectivity index (χ1) is 7.13. The lowest BCUT2D eigenvalue weighted by Gasteiger charge is -1.98. The summed E-state index contributed by atoms with van der Waals surface area (Å²) in [6.45, 7) is 1.92. The number of anilines is 1. The number of carbonyl (C=O) groups excluding carboxylic acids is 1. The van der Waals surface area contributed by atoms with E-state index in [2.05, 4.69) is 16.6 Å². The number of hydrogen-bond acceptors (Lipinski definition) is 3. The highest BCUT2D eigenvalue weighted by atomic mass is 16.5. The monoisotopic (exact) mass is 203 g/mol. The summed E-state index contributed by atoms with van der Waals surface area (Å²) in [5.74, 6) is 5.28. The standard InChI is InChI=1S/C12H13NO2/c1-9-8-10(6-7-11(9)13)4-3-5-12(14)15-2/h6-8H,5,13H2,1-2H3. The average Bonchev–Trinajstić information content (AvgIpc) is 2.23. The number of ether oxygens (including phenoxy) is 1. The maximum Gasteiger partial charge on any atom is 0.317 e. The molecule has 0 saturated carbocycles. The van der Waals surface area contributed by atoms with Gasteiger partial charge in [-0.1, -0.05) is 11.8 Å². The largest absolute Gasteiger partial charge is 0.468 e. The van der Waals surface area contributed by atoms with Crippen LogP contribution >= 0.6 is 0 Å². The third-order valence-corrected chi connectivity index (χ3v) is 1.96. The Kier molecular flexibility index (Phi) is 3.75. The fourth-order valence-corrected chi connectivity index (χ4v) is 1.04. The zero-order valence-electron chi connectivity index (χ0n) is 8.83. The van der Waals surface area contributed by atoms with Crippen LogP contribution in [0.5, 0.6) is 0 Å². The predicted octanol–water partition coefficient (Wildman–Crippen LogP) is 1.49. The van der Waals surface area contributed by atoms with Gasteiger partial charge < -0.3 is 10.5 Å². The molecule has 0 aliphatic heterocycles. The Morgan fingerprint density at radius 1 is 1.53 bits per heavy atom. The number of benzene rings is 1. The van der Waals surface area contributed by atoms with Crippen LogP contribution in [0, 0.1) is 18.8 Å². The molecule has 0 aromatic heterocycles. The van der Waals surface area contributed by atoms with Crippen molar-refractivity contribution in [1.29, 1.82) is 0 Å². The van der Waals surface area contributed by atoms with E-state index in [0.29, 0.717) is 0 Å². The van der Waals surface area contributed by atoms with Gasteiger partial charge in [-0.05, 0) is 30.7 Å². The molecule has 0 saturated heterocycles. The fourth-order valence-electron chi connectivity index (χ4n) is 1.04. The number of rotatable bonds is 1. The van der Waals surface area contributed by atoms with E-state index >= 15 is 0 Å². The van der Waals surface area contributed by atoms with Crippen LogP contribution in [-0.2, 0) is 9.53 Å². The van der Waals surface area contributed by atoms with Gasteiger partial charge in [0.25, 0.3) is 0 Å². The van der Waals surface area contributed by atoms with Crippen LogP contribution in [0.1, 0.15) is 17.5 Å². The van der Waals surface area contributed by atoms with E-state index < -0.39 is 0 Å². The van der Waals surface area contributed by atoms with E-state index in [1.54, 1.807) is 6.07 Å². The third kappa shape index (κ3) is 3.35. The predicted molar refractivity (Wildman–Crippen MR) is 59.1 cm³/mol. The van der Waals surface area contributed by atoms with Crippen molar-refractivity contribution in [1.82, 2.24) is 0 Å². The van der Waals surface area contributed by atoms with Gasteiger partial charge in [-0.3, -0.25) is 4.79 Å². The highest BCUT2D eigenvalue weighted by Gasteiger charge is 1.95. The highest BCUT2D eigenvalue weighted by molar-refractivity contribution is 5.72. The zero-order chi connectivity index (χ0) is 11.3.